The molecule has 0 bridgehead atoms. The van der Waals surface area contributed by atoms with E-state index in [1.807, 2.05) is 18.4 Å². The molecule has 84 valence electrons. The lowest BCUT2D eigenvalue weighted by molar-refractivity contribution is 0.652. The Morgan fingerprint density at radius 1 is 1.06 bits per heavy atom. The molecule has 1 unspecified atom stereocenters. The molecular formula is C14H17NS. The van der Waals surface area contributed by atoms with Gasteiger partial charge < -0.3 is 5.32 Å². The summed E-state index contributed by atoms with van der Waals surface area (Å²) in [5, 5.41) is 3.25. The summed E-state index contributed by atoms with van der Waals surface area (Å²) in [6, 6.07) is 13.6. The van der Waals surface area contributed by atoms with Crippen LogP contribution < -0.4 is 5.32 Å². The number of benzene rings is 1. The molecule has 0 aliphatic rings. The molecule has 0 aliphatic heterocycles. The van der Waals surface area contributed by atoms with Crippen LogP contribution in [0, 0.1) is 6.92 Å². The van der Waals surface area contributed by atoms with Crippen LogP contribution in [0.3, 0.4) is 0 Å². The number of nitrogens with one attached hydrogen (secondary N) is 1. The Balaban J connectivity index is 2.25. The average Bonchev–Trinajstić information content (AvgIpc) is 2.75. The minimum atomic E-state index is 0.416. The van der Waals surface area contributed by atoms with E-state index in [0.29, 0.717) is 6.04 Å². The van der Waals surface area contributed by atoms with Crippen molar-refractivity contribution in [2.45, 2.75) is 19.9 Å². The zero-order valence-corrected chi connectivity index (χ0v) is 10.8. The van der Waals surface area contributed by atoms with Crippen molar-refractivity contribution in [2.75, 3.05) is 7.05 Å². The Bertz CT molecular complexity index is 456. The first-order valence-corrected chi connectivity index (χ1v) is 6.36. The van der Waals surface area contributed by atoms with Crippen LogP contribution in [0.1, 0.15) is 23.4 Å². The molecule has 0 fully saturated rings. The molecule has 1 nitrogen and oxygen atoms in total. The molecule has 16 heavy (non-hydrogen) atoms. The Labute approximate surface area is 101 Å². The highest BCUT2D eigenvalue weighted by Crippen LogP contribution is 2.28. The fourth-order valence-corrected chi connectivity index (χ4v) is 2.57. The summed E-state index contributed by atoms with van der Waals surface area (Å²) in [5.41, 5.74) is 2.64. The van der Waals surface area contributed by atoms with Crippen LogP contribution in [-0.4, -0.2) is 7.05 Å². The third kappa shape index (κ3) is 2.34. The van der Waals surface area contributed by atoms with Gasteiger partial charge in [0.1, 0.15) is 0 Å². The zero-order valence-electron chi connectivity index (χ0n) is 9.95. The molecule has 1 aromatic carbocycles. The van der Waals surface area contributed by atoms with Gasteiger partial charge in [-0.2, -0.15) is 0 Å². The van der Waals surface area contributed by atoms with Crippen molar-refractivity contribution in [3.63, 3.8) is 0 Å². The van der Waals surface area contributed by atoms with Gasteiger partial charge in [-0.15, -0.1) is 11.3 Å². The summed E-state index contributed by atoms with van der Waals surface area (Å²) in [5.74, 6) is 0. The van der Waals surface area contributed by atoms with Crippen LogP contribution in [0.25, 0.3) is 10.4 Å². The van der Waals surface area contributed by atoms with E-state index in [0.717, 1.165) is 0 Å². The lowest BCUT2D eigenvalue weighted by atomic mass is 10.1. The largest absolute Gasteiger partial charge is 0.313 e. The highest BCUT2D eigenvalue weighted by atomic mass is 32.1. The standard InChI is InChI=1S/C14H17NS/c1-10-4-9-14(16-10)13-7-5-12(6-8-13)11(2)15-3/h4-9,11,15H,1-3H3. The van der Waals surface area contributed by atoms with Crippen LogP contribution in [0.4, 0.5) is 0 Å². The molecule has 0 amide bonds. The van der Waals surface area contributed by atoms with Crippen molar-refractivity contribution in [1.82, 2.24) is 5.32 Å². The first-order chi connectivity index (χ1) is 7.70. The van der Waals surface area contributed by atoms with Gasteiger partial charge in [-0.05, 0) is 44.2 Å². The van der Waals surface area contributed by atoms with Crippen LogP contribution in [0.15, 0.2) is 36.4 Å². The number of rotatable bonds is 3. The summed E-state index contributed by atoms with van der Waals surface area (Å²) >= 11 is 1.85. The molecule has 1 heterocycles. The SMILES string of the molecule is CNC(C)c1ccc(-c2ccc(C)s2)cc1. The fraction of sp³-hybridized carbons (Fsp3) is 0.286. The van der Waals surface area contributed by atoms with E-state index in [1.54, 1.807) is 0 Å². The monoisotopic (exact) mass is 231 g/mol. The van der Waals surface area contributed by atoms with Gasteiger partial charge in [0.25, 0.3) is 0 Å². The molecule has 0 spiro atoms. The van der Waals surface area contributed by atoms with Gasteiger partial charge in [-0.1, -0.05) is 24.3 Å². The zero-order chi connectivity index (χ0) is 11.5. The van der Waals surface area contributed by atoms with Crippen LogP contribution in [0.2, 0.25) is 0 Å². The maximum atomic E-state index is 3.25. The van der Waals surface area contributed by atoms with Crippen molar-refractivity contribution >= 4 is 11.3 Å². The van der Waals surface area contributed by atoms with Gasteiger partial charge in [0, 0.05) is 15.8 Å². The second kappa shape index (κ2) is 4.81. The minimum absolute atomic E-state index is 0.416. The van der Waals surface area contributed by atoms with Gasteiger partial charge in [-0.3, -0.25) is 0 Å². The Morgan fingerprint density at radius 2 is 1.75 bits per heavy atom. The van der Waals surface area contributed by atoms with E-state index in [4.69, 9.17) is 0 Å². The van der Waals surface area contributed by atoms with E-state index in [1.165, 1.54) is 20.9 Å². The van der Waals surface area contributed by atoms with Gasteiger partial charge in [0.05, 0.1) is 0 Å². The van der Waals surface area contributed by atoms with E-state index in [2.05, 4.69) is 55.6 Å². The topological polar surface area (TPSA) is 12.0 Å². The average molecular weight is 231 g/mol. The maximum absolute atomic E-state index is 3.25. The molecule has 0 saturated heterocycles. The molecule has 1 aromatic heterocycles. The first-order valence-electron chi connectivity index (χ1n) is 5.54. The van der Waals surface area contributed by atoms with Crippen molar-refractivity contribution in [2.24, 2.45) is 0 Å². The minimum Gasteiger partial charge on any atom is -0.313 e. The molecule has 2 aromatic rings. The molecule has 0 radical (unpaired) electrons. The lowest BCUT2D eigenvalue weighted by Gasteiger charge is -2.10. The second-order valence-electron chi connectivity index (χ2n) is 4.04. The van der Waals surface area contributed by atoms with Crippen molar-refractivity contribution < 1.29 is 0 Å². The highest BCUT2D eigenvalue weighted by molar-refractivity contribution is 7.15. The van der Waals surface area contributed by atoms with Gasteiger partial charge in [-0.25, -0.2) is 0 Å². The summed E-state index contributed by atoms with van der Waals surface area (Å²) in [7, 11) is 1.99. The van der Waals surface area contributed by atoms with Crippen LogP contribution in [-0.2, 0) is 0 Å². The quantitative estimate of drug-likeness (QED) is 0.841. The third-order valence-corrected chi connectivity index (χ3v) is 3.92. The van der Waals surface area contributed by atoms with Crippen molar-refractivity contribution in [3.8, 4) is 10.4 Å². The number of hydrogen-bond donors (Lipinski definition) is 1. The highest BCUT2D eigenvalue weighted by Gasteiger charge is 2.04. The van der Waals surface area contributed by atoms with Crippen molar-refractivity contribution in [1.29, 1.82) is 0 Å². The summed E-state index contributed by atoms with van der Waals surface area (Å²) in [6.07, 6.45) is 0. The molecule has 1 N–H and O–H groups in total. The molecule has 0 aliphatic carbocycles. The third-order valence-electron chi connectivity index (χ3n) is 2.87. The summed E-state index contributed by atoms with van der Waals surface area (Å²) < 4.78 is 0. The van der Waals surface area contributed by atoms with E-state index in [9.17, 15) is 0 Å². The molecule has 0 saturated carbocycles. The second-order valence-corrected chi connectivity index (χ2v) is 5.33. The normalized spacial score (nSPS) is 12.7. The molecule has 1 atom stereocenters. The van der Waals surface area contributed by atoms with E-state index >= 15 is 0 Å². The lowest BCUT2D eigenvalue weighted by Crippen LogP contribution is -2.11. The van der Waals surface area contributed by atoms with Gasteiger partial charge in [0.2, 0.25) is 0 Å². The Morgan fingerprint density at radius 3 is 2.25 bits per heavy atom. The Hall–Kier alpha value is -1.12. The predicted octanol–water partition coefficient (Wildman–Crippen LogP) is 4.00. The van der Waals surface area contributed by atoms with Gasteiger partial charge in [0.15, 0.2) is 0 Å². The molecule has 2 rings (SSSR count). The summed E-state index contributed by atoms with van der Waals surface area (Å²) in [4.78, 5) is 2.71. The maximum Gasteiger partial charge on any atom is 0.0345 e. The molecular weight excluding hydrogens is 214 g/mol. The van der Waals surface area contributed by atoms with Gasteiger partial charge >= 0.3 is 0 Å². The number of aryl methyl sites for hydroxylation is 1. The smallest absolute Gasteiger partial charge is 0.0345 e. The Kier molecular flexibility index (Phi) is 3.42. The van der Waals surface area contributed by atoms with E-state index < -0.39 is 0 Å². The van der Waals surface area contributed by atoms with Crippen LogP contribution >= 0.6 is 11.3 Å². The predicted molar refractivity (Wildman–Crippen MR) is 72.0 cm³/mol. The molecule has 2 heteroatoms. The fourth-order valence-electron chi connectivity index (χ4n) is 1.69. The number of hydrogen-bond acceptors (Lipinski definition) is 2. The van der Waals surface area contributed by atoms with Crippen LogP contribution in [0.5, 0.6) is 0 Å². The summed E-state index contributed by atoms with van der Waals surface area (Å²) in [6.45, 7) is 4.32. The number of thiophene rings is 1. The van der Waals surface area contributed by atoms with Crippen molar-refractivity contribution in [3.05, 3.63) is 46.8 Å². The first kappa shape index (κ1) is 11.4. The van der Waals surface area contributed by atoms with E-state index in [-0.39, 0.29) is 0 Å².